The van der Waals surface area contributed by atoms with Crippen molar-refractivity contribution in [2.24, 2.45) is 11.8 Å². The largest absolute Gasteiger partial charge is 0.449 e. The van der Waals surface area contributed by atoms with Crippen molar-refractivity contribution in [1.82, 2.24) is 10.3 Å². The Hall–Kier alpha value is -2.67. The Morgan fingerprint density at radius 2 is 1.65 bits per heavy atom. The van der Waals surface area contributed by atoms with E-state index in [9.17, 15) is 13.2 Å². The van der Waals surface area contributed by atoms with Crippen LogP contribution in [0.2, 0.25) is 0 Å². The van der Waals surface area contributed by atoms with Crippen LogP contribution in [0.1, 0.15) is 73.9 Å². The van der Waals surface area contributed by atoms with E-state index < -0.39 is 9.84 Å². The Kier molecular flexibility index (Phi) is 6.73. The Bertz CT molecular complexity index is 1200. The third-order valence-corrected chi connectivity index (χ3v) is 10.0. The number of furan rings is 1. The molecule has 2 aliphatic rings. The third kappa shape index (κ3) is 4.90. The molecule has 0 atom stereocenters. The van der Waals surface area contributed by atoms with Crippen LogP contribution in [-0.4, -0.2) is 24.6 Å². The Morgan fingerprint density at radius 3 is 2.35 bits per heavy atom. The van der Waals surface area contributed by atoms with E-state index >= 15 is 0 Å². The van der Waals surface area contributed by atoms with Crippen LogP contribution in [0.4, 0.5) is 0 Å². The lowest BCUT2D eigenvalue weighted by Crippen LogP contribution is -2.30. The summed E-state index contributed by atoms with van der Waals surface area (Å²) in [5, 5.41) is 3.38. The number of aromatic nitrogens is 1. The first kappa shape index (κ1) is 23.1. The van der Waals surface area contributed by atoms with Crippen molar-refractivity contribution in [2.75, 3.05) is 0 Å². The van der Waals surface area contributed by atoms with Crippen molar-refractivity contribution < 1.29 is 17.6 Å². The van der Waals surface area contributed by atoms with E-state index in [0.29, 0.717) is 22.9 Å². The standard InChI is InChI=1S/C27H32N2O4S/c30-27(25-16-22-14-15-28-18-26(22)33-25)29-17-19-6-10-23(11-7-19)34(31,32)24-12-8-21(9-13-24)20-4-2-1-3-5-20/h6-7,10-11,14-16,18,20-21,24H,1-5,8-9,12-13,17H2,(H,29,30). The fraction of sp³-hybridized carbons (Fsp3) is 0.481. The average Bonchev–Trinajstić information content (AvgIpc) is 3.33. The van der Waals surface area contributed by atoms with Gasteiger partial charge in [0.15, 0.2) is 21.2 Å². The highest BCUT2D eigenvalue weighted by Gasteiger charge is 2.35. The van der Waals surface area contributed by atoms with Gasteiger partial charge in [-0.2, -0.15) is 0 Å². The number of pyridine rings is 1. The first-order valence-corrected chi connectivity index (χ1v) is 14.0. The zero-order valence-corrected chi connectivity index (χ0v) is 20.2. The van der Waals surface area contributed by atoms with Gasteiger partial charge in [0.1, 0.15) is 0 Å². The Labute approximate surface area is 201 Å². The van der Waals surface area contributed by atoms with Crippen LogP contribution in [-0.2, 0) is 16.4 Å². The van der Waals surface area contributed by atoms with Crippen molar-refractivity contribution in [1.29, 1.82) is 0 Å². The summed E-state index contributed by atoms with van der Waals surface area (Å²) in [5.41, 5.74) is 1.40. The molecule has 5 rings (SSSR count). The van der Waals surface area contributed by atoms with Crippen LogP contribution in [0.5, 0.6) is 0 Å². The van der Waals surface area contributed by atoms with Gasteiger partial charge in [0.25, 0.3) is 5.91 Å². The highest BCUT2D eigenvalue weighted by Crippen LogP contribution is 2.40. The molecule has 2 aliphatic carbocycles. The molecule has 0 spiro atoms. The van der Waals surface area contributed by atoms with Crippen LogP contribution in [0.15, 0.2) is 58.1 Å². The second-order valence-electron chi connectivity index (χ2n) is 9.83. The summed E-state index contributed by atoms with van der Waals surface area (Å²) in [6.45, 7) is 0.293. The molecule has 0 bridgehead atoms. The lowest BCUT2D eigenvalue weighted by atomic mass is 9.73. The van der Waals surface area contributed by atoms with Crippen molar-refractivity contribution in [3.8, 4) is 0 Å². The summed E-state index contributed by atoms with van der Waals surface area (Å²) in [6.07, 6.45) is 13.5. The number of fused-ring (bicyclic) bond motifs is 1. The number of sulfone groups is 1. The summed E-state index contributed by atoms with van der Waals surface area (Å²) in [6, 6.07) is 10.4. The molecule has 6 nitrogen and oxygen atoms in total. The maximum atomic E-state index is 13.2. The number of carbonyl (C=O) groups excluding carboxylic acids is 1. The number of hydrogen-bond acceptors (Lipinski definition) is 5. The summed E-state index contributed by atoms with van der Waals surface area (Å²) in [4.78, 5) is 16.8. The number of carbonyl (C=O) groups is 1. The molecule has 1 N–H and O–H groups in total. The maximum absolute atomic E-state index is 13.2. The van der Waals surface area contributed by atoms with E-state index in [2.05, 4.69) is 10.3 Å². The molecule has 2 heterocycles. The van der Waals surface area contributed by atoms with Gasteiger partial charge in [-0.25, -0.2) is 8.42 Å². The molecule has 34 heavy (non-hydrogen) atoms. The van der Waals surface area contributed by atoms with Crippen LogP contribution < -0.4 is 5.32 Å². The average molecular weight is 481 g/mol. The Morgan fingerprint density at radius 1 is 0.941 bits per heavy atom. The first-order valence-electron chi connectivity index (χ1n) is 12.5. The predicted molar refractivity (Wildman–Crippen MR) is 131 cm³/mol. The lowest BCUT2D eigenvalue weighted by molar-refractivity contribution is 0.0925. The molecular weight excluding hydrogens is 448 g/mol. The summed E-state index contributed by atoms with van der Waals surface area (Å²) in [5.74, 6) is 1.43. The molecule has 1 aromatic carbocycles. The second kappa shape index (κ2) is 9.90. The molecular formula is C27H32N2O4S. The normalized spacial score (nSPS) is 22.0. The topological polar surface area (TPSA) is 89.3 Å². The minimum Gasteiger partial charge on any atom is -0.449 e. The molecule has 0 radical (unpaired) electrons. The SMILES string of the molecule is O=C(NCc1ccc(S(=O)(=O)C2CCC(C3CCCCC3)CC2)cc1)c1cc2ccncc2o1. The Balaban J connectivity index is 1.16. The van der Waals surface area contributed by atoms with Gasteiger partial charge in [0.05, 0.1) is 16.3 Å². The smallest absolute Gasteiger partial charge is 0.287 e. The molecule has 0 saturated heterocycles. The highest BCUT2D eigenvalue weighted by molar-refractivity contribution is 7.92. The van der Waals surface area contributed by atoms with E-state index in [1.54, 1.807) is 48.8 Å². The molecule has 2 saturated carbocycles. The van der Waals surface area contributed by atoms with Crippen LogP contribution in [0.3, 0.4) is 0 Å². The second-order valence-corrected chi connectivity index (χ2v) is 12.1. The van der Waals surface area contributed by atoms with Crippen molar-refractivity contribution in [2.45, 2.75) is 74.5 Å². The summed E-state index contributed by atoms with van der Waals surface area (Å²) in [7, 11) is -3.33. The van der Waals surface area contributed by atoms with E-state index in [1.165, 1.54) is 32.1 Å². The van der Waals surface area contributed by atoms with Crippen molar-refractivity contribution >= 4 is 26.7 Å². The van der Waals surface area contributed by atoms with Gasteiger partial charge in [-0.1, -0.05) is 44.2 Å². The number of hydrogen-bond donors (Lipinski definition) is 1. The molecule has 180 valence electrons. The molecule has 0 aliphatic heterocycles. The molecule has 1 amide bonds. The van der Waals surface area contributed by atoms with Crippen molar-refractivity contribution in [3.63, 3.8) is 0 Å². The lowest BCUT2D eigenvalue weighted by Gasteiger charge is -2.35. The van der Waals surface area contributed by atoms with E-state index in [4.69, 9.17) is 4.42 Å². The van der Waals surface area contributed by atoms with Crippen molar-refractivity contribution in [3.05, 3.63) is 60.1 Å². The molecule has 7 heteroatoms. The van der Waals surface area contributed by atoms with Crippen LogP contribution >= 0.6 is 0 Å². The van der Waals surface area contributed by atoms with Gasteiger partial charge in [-0.3, -0.25) is 9.78 Å². The molecule has 2 fully saturated rings. The van der Waals surface area contributed by atoms with E-state index in [0.717, 1.165) is 42.6 Å². The molecule has 0 unspecified atom stereocenters. The van der Waals surface area contributed by atoms with E-state index in [-0.39, 0.29) is 16.9 Å². The minimum absolute atomic E-state index is 0.228. The fourth-order valence-corrected chi connectivity index (χ4v) is 7.52. The van der Waals surface area contributed by atoms with Crippen LogP contribution in [0, 0.1) is 11.8 Å². The minimum atomic E-state index is -3.33. The molecule has 2 aromatic heterocycles. The summed E-state index contributed by atoms with van der Waals surface area (Å²) >= 11 is 0. The number of nitrogens with zero attached hydrogens (tertiary/aromatic N) is 1. The van der Waals surface area contributed by atoms with Gasteiger partial charge in [0, 0.05) is 18.1 Å². The maximum Gasteiger partial charge on any atom is 0.287 e. The van der Waals surface area contributed by atoms with Gasteiger partial charge in [0.2, 0.25) is 0 Å². The number of benzene rings is 1. The quantitative estimate of drug-likeness (QED) is 0.491. The number of nitrogens with one attached hydrogen (secondary N) is 1. The van der Waals surface area contributed by atoms with Gasteiger partial charge < -0.3 is 9.73 Å². The van der Waals surface area contributed by atoms with E-state index in [1.807, 2.05) is 0 Å². The van der Waals surface area contributed by atoms with Crippen LogP contribution in [0.25, 0.3) is 11.0 Å². The van der Waals surface area contributed by atoms with Gasteiger partial charge in [-0.15, -0.1) is 0 Å². The number of amides is 1. The third-order valence-electron chi connectivity index (χ3n) is 7.73. The zero-order valence-electron chi connectivity index (χ0n) is 19.4. The van der Waals surface area contributed by atoms with Gasteiger partial charge >= 0.3 is 0 Å². The zero-order chi connectivity index (χ0) is 23.5. The predicted octanol–water partition coefficient (Wildman–Crippen LogP) is 5.67. The van der Waals surface area contributed by atoms with Gasteiger partial charge in [-0.05, 0) is 67.3 Å². The first-order chi connectivity index (χ1) is 16.5. The molecule has 3 aromatic rings. The highest BCUT2D eigenvalue weighted by atomic mass is 32.2. The summed E-state index contributed by atoms with van der Waals surface area (Å²) < 4.78 is 32.0. The fourth-order valence-electron chi connectivity index (χ4n) is 5.73. The monoisotopic (exact) mass is 480 g/mol. The number of rotatable bonds is 6.